The third-order valence-electron chi connectivity index (χ3n) is 4.72. The van der Waals surface area contributed by atoms with E-state index < -0.39 is 0 Å². The maximum atomic E-state index is 4.62. The van der Waals surface area contributed by atoms with Crippen LogP contribution in [0.1, 0.15) is 37.1 Å². The van der Waals surface area contributed by atoms with Crippen LogP contribution in [0.15, 0.2) is 48.9 Å². The molecule has 0 fully saturated rings. The average Bonchev–Trinajstić information content (AvgIpc) is 3.13. The van der Waals surface area contributed by atoms with E-state index in [1.165, 1.54) is 23.2 Å². The summed E-state index contributed by atoms with van der Waals surface area (Å²) in [6.45, 7) is 5.47. The van der Waals surface area contributed by atoms with Crippen LogP contribution >= 0.6 is 0 Å². The zero-order chi connectivity index (χ0) is 15.9. The highest BCUT2D eigenvalue weighted by atomic mass is 15.3. The molecule has 3 aromatic rings. The Hall–Kier alpha value is -2.36. The monoisotopic (exact) mass is 306 g/mol. The summed E-state index contributed by atoms with van der Waals surface area (Å²) in [4.78, 5) is 0. The van der Waals surface area contributed by atoms with Gasteiger partial charge in [-0.1, -0.05) is 44.2 Å². The fourth-order valence-corrected chi connectivity index (χ4v) is 3.36. The number of hydrogen-bond donors (Lipinski definition) is 0. The van der Waals surface area contributed by atoms with Crippen molar-refractivity contribution in [2.45, 2.75) is 39.7 Å². The molecule has 0 saturated carbocycles. The lowest BCUT2D eigenvalue weighted by Gasteiger charge is -2.29. The van der Waals surface area contributed by atoms with Crippen LogP contribution in [-0.4, -0.2) is 19.6 Å². The molecule has 1 aliphatic carbocycles. The molecule has 0 N–H and O–H groups in total. The summed E-state index contributed by atoms with van der Waals surface area (Å²) in [5, 5.41) is 9.13. The van der Waals surface area contributed by atoms with E-state index in [9.17, 15) is 0 Å². The maximum Gasteiger partial charge on any atom is 0.103 e. The van der Waals surface area contributed by atoms with E-state index in [4.69, 9.17) is 0 Å². The molecular weight excluding hydrogens is 284 g/mol. The van der Waals surface area contributed by atoms with E-state index in [0.717, 1.165) is 25.1 Å². The van der Waals surface area contributed by atoms with E-state index in [2.05, 4.69) is 59.2 Å². The Labute approximate surface area is 136 Å². The first-order valence-electron chi connectivity index (χ1n) is 8.23. The maximum absolute atomic E-state index is 4.62. The van der Waals surface area contributed by atoms with Crippen LogP contribution in [0.3, 0.4) is 0 Å². The summed E-state index contributed by atoms with van der Waals surface area (Å²) in [5.41, 5.74) is 5.40. The predicted molar refractivity (Wildman–Crippen MR) is 90.7 cm³/mol. The standard InChI is InChI=1S/C19H22N4/c1-19(2)9-8-16-11-21-23(18(16)10-19)17-12-20-22(14-17)13-15-6-4-3-5-7-15/h3-7,11-12,14H,8-10,13H2,1-2H3. The molecule has 0 saturated heterocycles. The number of aromatic nitrogens is 4. The lowest BCUT2D eigenvalue weighted by molar-refractivity contribution is 0.309. The predicted octanol–water partition coefficient (Wildman–Crippen LogP) is 3.63. The third-order valence-corrected chi connectivity index (χ3v) is 4.72. The van der Waals surface area contributed by atoms with Crippen molar-refractivity contribution in [3.05, 3.63) is 65.7 Å². The second kappa shape index (κ2) is 5.37. The van der Waals surface area contributed by atoms with Crippen LogP contribution in [0.25, 0.3) is 5.69 Å². The summed E-state index contributed by atoms with van der Waals surface area (Å²) in [6.07, 6.45) is 9.46. The lowest BCUT2D eigenvalue weighted by atomic mass is 9.77. The molecule has 0 radical (unpaired) electrons. The van der Waals surface area contributed by atoms with E-state index in [1.54, 1.807) is 0 Å². The largest absolute Gasteiger partial charge is 0.266 e. The highest BCUT2D eigenvalue weighted by molar-refractivity contribution is 5.33. The Morgan fingerprint density at radius 3 is 2.74 bits per heavy atom. The van der Waals surface area contributed by atoms with Crippen molar-refractivity contribution in [2.75, 3.05) is 0 Å². The van der Waals surface area contributed by atoms with Crippen molar-refractivity contribution in [1.29, 1.82) is 0 Å². The van der Waals surface area contributed by atoms with Gasteiger partial charge in [-0.3, -0.25) is 4.68 Å². The van der Waals surface area contributed by atoms with Crippen molar-refractivity contribution < 1.29 is 0 Å². The topological polar surface area (TPSA) is 35.6 Å². The Balaban J connectivity index is 1.62. The van der Waals surface area contributed by atoms with Gasteiger partial charge in [0.25, 0.3) is 0 Å². The second-order valence-electron chi connectivity index (χ2n) is 7.25. The van der Waals surface area contributed by atoms with Crippen LogP contribution in [0.4, 0.5) is 0 Å². The van der Waals surface area contributed by atoms with Gasteiger partial charge in [-0.2, -0.15) is 10.2 Å². The van der Waals surface area contributed by atoms with Crippen LogP contribution < -0.4 is 0 Å². The molecule has 0 spiro atoms. The van der Waals surface area contributed by atoms with Crippen LogP contribution in [0.5, 0.6) is 0 Å². The molecule has 0 bridgehead atoms. The number of hydrogen-bond acceptors (Lipinski definition) is 2. The van der Waals surface area contributed by atoms with Gasteiger partial charge in [0.15, 0.2) is 0 Å². The van der Waals surface area contributed by atoms with E-state index >= 15 is 0 Å². The summed E-state index contributed by atoms with van der Waals surface area (Å²) in [6, 6.07) is 10.4. The normalized spacial score (nSPS) is 16.3. The average molecular weight is 306 g/mol. The van der Waals surface area contributed by atoms with Crippen molar-refractivity contribution in [3.8, 4) is 5.69 Å². The molecule has 0 aliphatic heterocycles. The second-order valence-corrected chi connectivity index (χ2v) is 7.25. The first-order chi connectivity index (χ1) is 11.1. The minimum absolute atomic E-state index is 0.352. The summed E-state index contributed by atoms with van der Waals surface area (Å²) in [7, 11) is 0. The fraction of sp³-hybridized carbons (Fsp3) is 0.368. The third kappa shape index (κ3) is 2.81. The van der Waals surface area contributed by atoms with Gasteiger partial charge >= 0.3 is 0 Å². The molecule has 4 rings (SSSR count). The summed E-state index contributed by atoms with van der Waals surface area (Å²) >= 11 is 0. The van der Waals surface area contributed by atoms with Crippen LogP contribution in [-0.2, 0) is 19.4 Å². The molecule has 0 amide bonds. The van der Waals surface area contributed by atoms with Gasteiger partial charge in [0.05, 0.1) is 25.1 Å². The number of fused-ring (bicyclic) bond motifs is 1. The molecule has 4 heteroatoms. The zero-order valence-electron chi connectivity index (χ0n) is 13.7. The number of rotatable bonds is 3. The van der Waals surface area contributed by atoms with Gasteiger partial charge in [-0.15, -0.1) is 0 Å². The van der Waals surface area contributed by atoms with Gasteiger partial charge in [-0.25, -0.2) is 4.68 Å². The van der Waals surface area contributed by atoms with Crippen LogP contribution in [0.2, 0.25) is 0 Å². The Bertz CT molecular complexity index is 811. The Kier molecular flexibility index (Phi) is 3.33. The minimum Gasteiger partial charge on any atom is -0.266 e. The number of nitrogens with zero attached hydrogens (tertiary/aromatic N) is 4. The molecule has 0 atom stereocenters. The quantitative estimate of drug-likeness (QED) is 0.740. The van der Waals surface area contributed by atoms with Gasteiger partial charge in [-0.05, 0) is 35.8 Å². The fourth-order valence-electron chi connectivity index (χ4n) is 3.36. The summed E-state index contributed by atoms with van der Waals surface area (Å²) < 4.78 is 4.05. The van der Waals surface area contributed by atoms with E-state index in [-0.39, 0.29) is 0 Å². The lowest BCUT2D eigenvalue weighted by Crippen LogP contribution is -2.23. The van der Waals surface area contributed by atoms with Gasteiger partial charge in [0.2, 0.25) is 0 Å². The minimum atomic E-state index is 0.352. The first kappa shape index (κ1) is 14.2. The van der Waals surface area contributed by atoms with Crippen molar-refractivity contribution in [2.24, 2.45) is 5.41 Å². The Morgan fingerprint density at radius 1 is 1.09 bits per heavy atom. The smallest absolute Gasteiger partial charge is 0.103 e. The molecule has 4 nitrogen and oxygen atoms in total. The van der Waals surface area contributed by atoms with Crippen molar-refractivity contribution >= 4 is 0 Å². The van der Waals surface area contributed by atoms with Gasteiger partial charge in [0.1, 0.15) is 5.69 Å². The van der Waals surface area contributed by atoms with Gasteiger partial charge in [0, 0.05) is 5.69 Å². The molecule has 2 aromatic heterocycles. The molecule has 0 unspecified atom stereocenters. The number of benzene rings is 1. The van der Waals surface area contributed by atoms with Crippen LogP contribution in [0, 0.1) is 5.41 Å². The molecular formula is C19H22N4. The highest BCUT2D eigenvalue weighted by Crippen LogP contribution is 2.35. The molecule has 23 heavy (non-hydrogen) atoms. The molecule has 1 aliphatic rings. The first-order valence-corrected chi connectivity index (χ1v) is 8.23. The van der Waals surface area contributed by atoms with Crippen molar-refractivity contribution in [1.82, 2.24) is 19.6 Å². The Morgan fingerprint density at radius 2 is 1.91 bits per heavy atom. The highest BCUT2D eigenvalue weighted by Gasteiger charge is 2.28. The van der Waals surface area contributed by atoms with E-state index in [1.807, 2.05) is 23.1 Å². The molecule has 118 valence electrons. The van der Waals surface area contributed by atoms with Crippen molar-refractivity contribution in [3.63, 3.8) is 0 Å². The molecule has 1 aromatic carbocycles. The van der Waals surface area contributed by atoms with E-state index in [0.29, 0.717) is 5.41 Å². The van der Waals surface area contributed by atoms with Gasteiger partial charge < -0.3 is 0 Å². The molecule has 2 heterocycles. The number of aryl methyl sites for hydroxylation is 1. The zero-order valence-corrected chi connectivity index (χ0v) is 13.7. The summed E-state index contributed by atoms with van der Waals surface area (Å²) in [5.74, 6) is 0. The SMILES string of the molecule is CC1(C)CCc2cnn(-c3cnn(Cc4ccccc4)c3)c2C1.